The highest BCUT2D eigenvalue weighted by Crippen LogP contribution is 2.30. The van der Waals surface area contributed by atoms with Gasteiger partial charge in [-0.2, -0.15) is 5.10 Å². The van der Waals surface area contributed by atoms with E-state index in [1.54, 1.807) is 0 Å². The molecule has 3 heterocycles. The molecule has 3 aromatic rings. The van der Waals surface area contributed by atoms with E-state index in [0.29, 0.717) is 19.8 Å². The summed E-state index contributed by atoms with van der Waals surface area (Å²) in [6.07, 6.45) is 2.74. The monoisotopic (exact) mass is 339 g/mol. The lowest BCUT2D eigenvalue weighted by atomic mass is 10.1. The van der Waals surface area contributed by atoms with Gasteiger partial charge < -0.3 is 19.2 Å². The van der Waals surface area contributed by atoms with Crippen LogP contribution in [0.3, 0.4) is 0 Å². The van der Waals surface area contributed by atoms with Crippen LogP contribution in [0, 0.1) is 6.92 Å². The fourth-order valence-electron chi connectivity index (χ4n) is 2.89. The molecule has 130 valence electrons. The largest absolute Gasteiger partial charge is 0.490 e. The van der Waals surface area contributed by atoms with Crippen molar-refractivity contribution in [1.82, 2.24) is 15.5 Å². The first-order valence-corrected chi connectivity index (χ1v) is 8.48. The van der Waals surface area contributed by atoms with Crippen molar-refractivity contribution in [1.29, 1.82) is 0 Å². The number of nitrogens with zero attached hydrogens (tertiary/aromatic N) is 1. The standard InChI is InChI=1S/C19H21N3O3/c1-13-3-5-17(25-13)19-15(12-21-22-19)11-20-10-14-4-6-16-18(9-14)24-8-2-7-23-16/h3-6,9,12,20H,2,7-8,10-11H2,1H3,(H,21,22). The average Bonchev–Trinajstić information content (AvgIpc) is 3.18. The second kappa shape index (κ2) is 7.03. The molecular formula is C19H21N3O3. The topological polar surface area (TPSA) is 72.3 Å². The Morgan fingerprint density at radius 2 is 1.96 bits per heavy atom. The highest BCUT2D eigenvalue weighted by atomic mass is 16.5. The van der Waals surface area contributed by atoms with Crippen LogP contribution in [0.1, 0.15) is 23.3 Å². The maximum Gasteiger partial charge on any atom is 0.161 e. The number of aryl methyl sites for hydroxylation is 1. The Hall–Kier alpha value is -2.73. The molecule has 0 spiro atoms. The summed E-state index contributed by atoms with van der Waals surface area (Å²) in [5.74, 6) is 3.34. The second-order valence-corrected chi connectivity index (χ2v) is 6.12. The zero-order chi connectivity index (χ0) is 17.1. The third kappa shape index (κ3) is 3.53. The molecule has 0 aliphatic carbocycles. The summed E-state index contributed by atoms with van der Waals surface area (Å²) in [6.45, 7) is 4.77. The van der Waals surface area contributed by atoms with Crippen LogP contribution in [0.2, 0.25) is 0 Å². The minimum atomic E-state index is 0.694. The molecule has 0 fully saturated rings. The van der Waals surface area contributed by atoms with Crippen LogP contribution in [-0.4, -0.2) is 23.4 Å². The van der Waals surface area contributed by atoms with Gasteiger partial charge in [-0.25, -0.2) is 0 Å². The van der Waals surface area contributed by atoms with E-state index in [4.69, 9.17) is 13.9 Å². The minimum Gasteiger partial charge on any atom is -0.490 e. The summed E-state index contributed by atoms with van der Waals surface area (Å²) in [5.41, 5.74) is 3.14. The predicted molar refractivity (Wildman–Crippen MR) is 93.6 cm³/mol. The molecule has 0 amide bonds. The minimum absolute atomic E-state index is 0.694. The number of nitrogens with one attached hydrogen (secondary N) is 2. The number of hydrogen-bond acceptors (Lipinski definition) is 5. The number of ether oxygens (including phenoxy) is 2. The van der Waals surface area contributed by atoms with E-state index in [1.165, 1.54) is 0 Å². The van der Waals surface area contributed by atoms with E-state index in [-0.39, 0.29) is 0 Å². The molecule has 0 unspecified atom stereocenters. The van der Waals surface area contributed by atoms with Crippen LogP contribution >= 0.6 is 0 Å². The molecule has 25 heavy (non-hydrogen) atoms. The van der Waals surface area contributed by atoms with Crippen molar-refractivity contribution in [3.05, 3.63) is 53.4 Å². The number of hydrogen-bond donors (Lipinski definition) is 2. The summed E-state index contributed by atoms with van der Waals surface area (Å²) in [4.78, 5) is 0. The van der Waals surface area contributed by atoms with Crippen molar-refractivity contribution < 1.29 is 13.9 Å². The molecule has 6 nitrogen and oxygen atoms in total. The second-order valence-electron chi connectivity index (χ2n) is 6.12. The van der Waals surface area contributed by atoms with E-state index >= 15 is 0 Å². The van der Waals surface area contributed by atoms with Crippen LogP contribution in [0.15, 0.2) is 40.9 Å². The van der Waals surface area contributed by atoms with Crippen molar-refractivity contribution in [2.75, 3.05) is 13.2 Å². The lowest BCUT2D eigenvalue weighted by Crippen LogP contribution is -2.13. The van der Waals surface area contributed by atoms with E-state index in [1.807, 2.05) is 37.4 Å². The van der Waals surface area contributed by atoms with E-state index < -0.39 is 0 Å². The van der Waals surface area contributed by atoms with Gasteiger partial charge in [0.25, 0.3) is 0 Å². The van der Waals surface area contributed by atoms with Crippen LogP contribution in [0.25, 0.3) is 11.5 Å². The third-order valence-corrected chi connectivity index (χ3v) is 4.16. The molecular weight excluding hydrogens is 318 g/mol. The predicted octanol–water partition coefficient (Wildman–Crippen LogP) is 3.43. The molecule has 0 saturated carbocycles. The maximum absolute atomic E-state index is 5.74. The normalized spacial score (nSPS) is 13.6. The molecule has 1 aliphatic heterocycles. The van der Waals surface area contributed by atoms with Crippen LogP contribution in [0.5, 0.6) is 11.5 Å². The number of rotatable bonds is 5. The van der Waals surface area contributed by atoms with Gasteiger partial charge in [0.05, 0.1) is 19.4 Å². The highest BCUT2D eigenvalue weighted by Gasteiger charge is 2.12. The van der Waals surface area contributed by atoms with E-state index in [9.17, 15) is 0 Å². The molecule has 1 aromatic carbocycles. The van der Waals surface area contributed by atoms with Crippen molar-refractivity contribution in [3.8, 4) is 23.0 Å². The van der Waals surface area contributed by atoms with Gasteiger partial charge in [0.2, 0.25) is 0 Å². The van der Waals surface area contributed by atoms with Gasteiger partial charge in [-0.05, 0) is 36.8 Å². The van der Waals surface area contributed by atoms with Gasteiger partial charge in [0.1, 0.15) is 11.5 Å². The number of fused-ring (bicyclic) bond motifs is 1. The molecule has 0 saturated heterocycles. The van der Waals surface area contributed by atoms with Gasteiger partial charge in [0.15, 0.2) is 17.3 Å². The zero-order valence-corrected chi connectivity index (χ0v) is 14.2. The Morgan fingerprint density at radius 1 is 1.08 bits per heavy atom. The lowest BCUT2D eigenvalue weighted by Gasteiger charge is -2.10. The maximum atomic E-state index is 5.74. The summed E-state index contributed by atoms with van der Waals surface area (Å²) in [5, 5.41) is 10.6. The molecule has 0 radical (unpaired) electrons. The Kier molecular flexibility index (Phi) is 4.43. The smallest absolute Gasteiger partial charge is 0.161 e. The first-order valence-electron chi connectivity index (χ1n) is 8.48. The summed E-state index contributed by atoms with van der Waals surface area (Å²) < 4.78 is 17.1. The van der Waals surface area contributed by atoms with Gasteiger partial charge in [-0.1, -0.05) is 6.07 Å². The molecule has 0 atom stereocenters. The number of aromatic amines is 1. The summed E-state index contributed by atoms with van der Waals surface area (Å²) >= 11 is 0. The van der Waals surface area contributed by atoms with Crippen molar-refractivity contribution in [2.45, 2.75) is 26.4 Å². The third-order valence-electron chi connectivity index (χ3n) is 4.16. The quantitative estimate of drug-likeness (QED) is 0.745. The highest BCUT2D eigenvalue weighted by molar-refractivity contribution is 5.56. The van der Waals surface area contributed by atoms with E-state index in [0.717, 1.165) is 52.8 Å². The molecule has 4 rings (SSSR count). The fraction of sp³-hybridized carbons (Fsp3) is 0.316. The lowest BCUT2D eigenvalue weighted by molar-refractivity contribution is 0.297. The first-order chi connectivity index (χ1) is 12.3. The molecule has 6 heteroatoms. The van der Waals surface area contributed by atoms with Crippen molar-refractivity contribution in [3.63, 3.8) is 0 Å². The number of aromatic nitrogens is 2. The Labute approximate surface area is 146 Å². The first kappa shape index (κ1) is 15.8. The van der Waals surface area contributed by atoms with Crippen LogP contribution < -0.4 is 14.8 Å². The number of furan rings is 1. The van der Waals surface area contributed by atoms with Gasteiger partial charge in [-0.3, -0.25) is 5.10 Å². The van der Waals surface area contributed by atoms with Gasteiger partial charge in [-0.15, -0.1) is 0 Å². The molecule has 1 aliphatic rings. The average molecular weight is 339 g/mol. The van der Waals surface area contributed by atoms with Crippen molar-refractivity contribution >= 4 is 0 Å². The van der Waals surface area contributed by atoms with E-state index in [2.05, 4.69) is 21.6 Å². The zero-order valence-electron chi connectivity index (χ0n) is 14.2. The molecule has 2 aromatic heterocycles. The van der Waals surface area contributed by atoms with Gasteiger partial charge >= 0.3 is 0 Å². The number of H-pyrrole nitrogens is 1. The number of benzene rings is 1. The summed E-state index contributed by atoms with van der Waals surface area (Å²) in [7, 11) is 0. The van der Waals surface area contributed by atoms with Crippen LogP contribution in [-0.2, 0) is 13.1 Å². The Morgan fingerprint density at radius 3 is 2.80 bits per heavy atom. The molecule has 0 bridgehead atoms. The fourth-order valence-corrected chi connectivity index (χ4v) is 2.89. The van der Waals surface area contributed by atoms with Crippen LogP contribution in [0.4, 0.5) is 0 Å². The summed E-state index contributed by atoms with van der Waals surface area (Å²) in [6, 6.07) is 9.99. The Balaban J connectivity index is 1.40. The van der Waals surface area contributed by atoms with Gasteiger partial charge in [0, 0.05) is 25.1 Å². The SMILES string of the molecule is Cc1ccc(-c2[nH]ncc2CNCc2ccc3c(c2)OCCCO3)o1. The Bertz CT molecular complexity index is 853. The van der Waals surface area contributed by atoms with Crippen molar-refractivity contribution in [2.24, 2.45) is 0 Å². The molecule has 2 N–H and O–H groups in total.